The van der Waals surface area contributed by atoms with Crippen LogP contribution in [0.4, 0.5) is 4.39 Å². The van der Waals surface area contributed by atoms with Crippen LogP contribution >= 0.6 is 0 Å². The average molecular weight is 343 g/mol. The zero-order chi connectivity index (χ0) is 17.6. The van der Waals surface area contributed by atoms with E-state index in [0.717, 1.165) is 0 Å². The number of hydrogen-bond donors (Lipinski definition) is 2. The third-order valence-electron chi connectivity index (χ3n) is 3.80. The number of benzene rings is 1. The number of aryl methyl sites for hydroxylation is 1. The van der Waals surface area contributed by atoms with Crippen molar-refractivity contribution in [3.8, 4) is 11.3 Å². The fraction of sp³-hybridized carbons (Fsp3) is 0.211. The van der Waals surface area contributed by atoms with Crippen molar-refractivity contribution in [2.75, 3.05) is 6.61 Å². The molecule has 130 valence electrons. The van der Waals surface area contributed by atoms with Gasteiger partial charge in [0.1, 0.15) is 29.1 Å². The topological polar surface area (TPSA) is 75.6 Å². The largest absolute Gasteiger partial charge is 0.467 e. The maximum atomic E-state index is 13.8. The lowest BCUT2D eigenvalue weighted by Crippen LogP contribution is -2.30. The van der Waals surface area contributed by atoms with Crippen molar-refractivity contribution in [1.82, 2.24) is 5.32 Å². The molecule has 0 saturated carbocycles. The molecule has 3 rings (SSSR count). The number of hydrogen-bond acceptors (Lipinski definition) is 4. The van der Waals surface area contributed by atoms with E-state index in [4.69, 9.17) is 8.83 Å². The van der Waals surface area contributed by atoms with Gasteiger partial charge in [-0.2, -0.15) is 0 Å². The average Bonchev–Trinajstić information content (AvgIpc) is 3.30. The lowest BCUT2D eigenvalue weighted by molar-refractivity contribution is -0.122. The van der Waals surface area contributed by atoms with Crippen LogP contribution in [0.3, 0.4) is 0 Å². The summed E-state index contributed by atoms with van der Waals surface area (Å²) in [5, 5.41) is 12.1. The van der Waals surface area contributed by atoms with E-state index in [1.165, 1.54) is 12.3 Å². The van der Waals surface area contributed by atoms with E-state index < -0.39 is 6.04 Å². The Morgan fingerprint density at radius 2 is 2.00 bits per heavy atom. The first-order valence-electron chi connectivity index (χ1n) is 7.94. The summed E-state index contributed by atoms with van der Waals surface area (Å²) in [6.07, 6.45) is 2.04. The Labute approximate surface area is 144 Å². The van der Waals surface area contributed by atoms with E-state index in [1.54, 1.807) is 42.5 Å². The number of furan rings is 2. The van der Waals surface area contributed by atoms with Gasteiger partial charge in [-0.05, 0) is 36.4 Å². The summed E-state index contributed by atoms with van der Waals surface area (Å²) in [4.78, 5) is 12.0. The Hall–Kier alpha value is -2.86. The minimum absolute atomic E-state index is 0.182. The lowest BCUT2D eigenvalue weighted by atomic mass is 10.1. The van der Waals surface area contributed by atoms with E-state index >= 15 is 0 Å². The maximum absolute atomic E-state index is 13.8. The molecule has 1 amide bonds. The normalized spacial score (nSPS) is 12.1. The second-order valence-corrected chi connectivity index (χ2v) is 5.56. The minimum Gasteiger partial charge on any atom is -0.467 e. The summed E-state index contributed by atoms with van der Waals surface area (Å²) in [7, 11) is 0. The highest BCUT2D eigenvalue weighted by atomic mass is 19.1. The summed E-state index contributed by atoms with van der Waals surface area (Å²) in [6, 6.07) is 12.6. The molecule has 25 heavy (non-hydrogen) atoms. The van der Waals surface area contributed by atoms with Crippen molar-refractivity contribution in [1.29, 1.82) is 0 Å². The Morgan fingerprint density at radius 1 is 1.16 bits per heavy atom. The van der Waals surface area contributed by atoms with Gasteiger partial charge in [0.2, 0.25) is 5.91 Å². The predicted octanol–water partition coefficient (Wildman–Crippen LogP) is 3.46. The molecule has 0 bridgehead atoms. The number of aliphatic hydroxyl groups is 1. The molecule has 0 saturated heterocycles. The molecule has 0 aliphatic heterocycles. The first kappa shape index (κ1) is 17.0. The fourth-order valence-electron chi connectivity index (χ4n) is 2.52. The molecule has 2 heterocycles. The second-order valence-electron chi connectivity index (χ2n) is 5.56. The molecule has 0 fully saturated rings. The highest BCUT2D eigenvalue weighted by Gasteiger charge is 2.16. The molecule has 2 aromatic heterocycles. The SMILES string of the molecule is O=C(CCc1ccc(-c2ccccc2F)o1)NC(CO)c1ccco1. The third kappa shape index (κ3) is 4.16. The molecule has 0 spiro atoms. The summed E-state index contributed by atoms with van der Waals surface area (Å²) in [5.41, 5.74) is 0.386. The summed E-state index contributed by atoms with van der Waals surface area (Å²) < 4.78 is 24.6. The Morgan fingerprint density at radius 3 is 2.72 bits per heavy atom. The number of halogens is 1. The van der Waals surface area contributed by atoms with Gasteiger partial charge in [-0.25, -0.2) is 4.39 Å². The Bertz CT molecular complexity index is 826. The summed E-state index contributed by atoms with van der Waals surface area (Å²) >= 11 is 0. The van der Waals surface area contributed by atoms with E-state index in [-0.39, 0.29) is 24.8 Å². The molecule has 5 nitrogen and oxygen atoms in total. The van der Waals surface area contributed by atoms with Gasteiger partial charge in [0.15, 0.2) is 0 Å². The molecule has 1 atom stereocenters. The van der Waals surface area contributed by atoms with Crippen molar-refractivity contribution in [3.05, 3.63) is 72.1 Å². The van der Waals surface area contributed by atoms with Gasteiger partial charge in [0.05, 0.1) is 18.4 Å². The summed E-state index contributed by atoms with van der Waals surface area (Å²) in [6.45, 7) is -0.253. The lowest BCUT2D eigenvalue weighted by Gasteiger charge is -2.13. The van der Waals surface area contributed by atoms with Crippen molar-refractivity contribution < 1.29 is 23.1 Å². The van der Waals surface area contributed by atoms with Crippen LogP contribution in [0.25, 0.3) is 11.3 Å². The van der Waals surface area contributed by atoms with E-state index in [9.17, 15) is 14.3 Å². The molecule has 0 radical (unpaired) electrons. The number of amides is 1. The number of carbonyl (C=O) groups is 1. The smallest absolute Gasteiger partial charge is 0.221 e. The van der Waals surface area contributed by atoms with Crippen LogP contribution in [0.5, 0.6) is 0 Å². The maximum Gasteiger partial charge on any atom is 0.221 e. The van der Waals surface area contributed by atoms with Gasteiger partial charge in [-0.15, -0.1) is 0 Å². The van der Waals surface area contributed by atoms with Gasteiger partial charge in [-0.1, -0.05) is 12.1 Å². The van der Waals surface area contributed by atoms with Crippen LogP contribution in [-0.2, 0) is 11.2 Å². The quantitative estimate of drug-likeness (QED) is 0.689. The number of carbonyl (C=O) groups excluding carboxylic acids is 1. The van der Waals surface area contributed by atoms with E-state index in [2.05, 4.69) is 5.32 Å². The van der Waals surface area contributed by atoms with Crippen LogP contribution in [0, 0.1) is 5.82 Å². The van der Waals surface area contributed by atoms with E-state index in [1.807, 2.05) is 0 Å². The molecule has 1 aromatic carbocycles. The van der Waals surface area contributed by atoms with Crippen molar-refractivity contribution in [2.24, 2.45) is 0 Å². The number of aliphatic hydroxyl groups excluding tert-OH is 1. The fourth-order valence-corrected chi connectivity index (χ4v) is 2.52. The van der Waals surface area contributed by atoms with Crippen LogP contribution in [0.1, 0.15) is 24.0 Å². The van der Waals surface area contributed by atoms with Crippen LogP contribution in [-0.4, -0.2) is 17.6 Å². The molecule has 6 heteroatoms. The molecule has 3 aromatic rings. The van der Waals surface area contributed by atoms with Crippen LogP contribution < -0.4 is 5.32 Å². The van der Waals surface area contributed by atoms with Crippen LogP contribution in [0.2, 0.25) is 0 Å². The predicted molar refractivity (Wildman–Crippen MR) is 89.1 cm³/mol. The van der Waals surface area contributed by atoms with Crippen LogP contribution in [0.15, 0.2) is 63.6 Å². The zero-order valence-electron chi connectivity index (χ0n) is 13.4. The molecular weight excluding hydrogens is 325 g/mol. The minimum atomic E-state index is -0.576. The third-order valence-corrected chi connectivity index (χ3v) is 3.80. The summed E-state index contributed by atoms with van der Waals surface area (Å²) in [5.74, 6) is 0.921. The number of nitrogens with one attached hydrogen (secondary N) is 1. The number of rotatable bonds is 7. The molecule has 2 N–H and O–H groups in total. The Balaban J connectivity index is 1.57. The first-order valence-corrected chi connectivity index (χ1v) is 7.94. The molecule has 0 aliphatic rings. The van der Waals surface area contributed by atoms with Crippen molar-refractivity contribution >= 4 is 5.91 Å². The van der Waals surface area contributed by atoms with Crippen molar-refractivity contribution in [2.45, 2.75) is 18.9 Å². The zero-order valence-corrected chi connectivity index (χ0v) is 13.4. The highest BCUT2D eigenvalue weighted by Crippen LogP contribution is 2.25. The first-order chi connectivity index (χ1) is 12.2. The van der Waals surface area contributed by atoms with Gasteiger partial charge in [0.25, 0.3) is 0 Å². The van der Waals surface area contributed by atoms with Gasteiger partial charge in [-0.3, -0.25) is 4.79 Å². The highest BCUT2D eigenvalue weighted by molar-refractivity contribution is 5.76. The molecule has 0 aliphatic carbocycles. The second kappa shape index (κ2) is 7.81. The van der Waals surface area contributed by atoms with Gasteiger partial charge in [0, 0.05) is 12.8 Å². The van der Waals surface area contributed by atoms with E-state index in [0.29, 0.717) is 29.3 Å². The van der Waals surface area contributed by atoms with Gasteiger partial charge >= 0.3 is 0 Å². The van der Waals surface area contributed by atoms with Gasteiger partial charge < -0.3 is 19.3 Å². The molecule has 1 unspecified atom stereocenters. The Kier molecular flexibility index (Phi) is 5.30. The molecular formula is C19H18FNO4. The van der Waals surface area contributed by atoms with Crippen molar-refractivity contribution in [3.63, 3.8) is 0 Å². The standard InChI is InChI=1S/C19H18FNO4/c20-15-5-2-1-4-14(15)17-9-7-13(25-17)8-10-19(23)21-16(12-22)18-6-3-11-24-18/h1-7,9,11,16,22H,8,10,12H2,(H,21,23). The monoisotopic (exact) mass is 343 g/mol.